The zero-order valence-corrected chi connectivity index (χ0v) is 19.7. The molecule has 0 atom stereocenters. The Morgan fingerprint density at radius 3 is 2.51 bits per heavy atom. The molecule has 186 valence electrons. The lowest BCUT2D eigenvalue weighted by Crippen LogP contribution is -2.50. The van der Waals surface area contributed by atoms with Gasteiger partial charge in [0.15, 0.2) is 5.69 Å². The molecule has 0 aromatic carbocycles. The van der Waals surface area contributed by atoms with Crippen molar-refractivity contribution in [3.05, 3.63) is 47.4 Å². The molecule has 0 spiro atoms. The lowest BCUT2D eigenvalue weighted by molar-refractivity contribution is -0.172. The largest absolute Gasteiger partial charge is 0.478 e. The first-order chi connectivity index (χ1) is 16.5. The summed E-state index contributed by atoms with van der Waals surface area (Å²) in [7, 11) is 0. The van der Waals surface area contributed by atoms with Gasteiger partial charge in [0, 0.05) is 72.6 Å². The van der Waals surface area contributed by atoms with Crippen molar-refractivity contribution in [2.45, 2.75) is 44.7 Å². The number of likely N-dealkylation sites (tertiary alicyclic amines) is 1. The average Bonchev–Trinajstić information content (AvgIpc) is 3.30. The molecular weight excluding hydrogens is 485 g/mol. The number of thiazole rings is 1. The van der Waals surface area contributed by atoms with Gasteiger partial charge in [0.05, 0.1) is 5.56 Å². The number of halogens is 3. The Morgan fingerprint density at radius 2 is 1.91 bits per heavy atom. The highest BCUT2D eigenvalue weighted by Crippen LogP contribution is 2.41. The highest BCUT2D eigenvalue weighted by Gasteiger charge is 2.37. The molecule has 0 unspecified atom stereocenters. The highest BCUT2D eigenvalue weighted by atomic mass is 32.1. The molecule has 0 radical (unpaired) electrons. The van der Waals surface area contributed by atoms with E-state index in [0.29, 0.717) is 37.5 Å². The normalized spacial score (nSPS) is 16.4. The predicted octanol–water partition coefficient (Wildman–Crippen LogP) is 4.56. The zero-order valence-electron chi connectivity index (χ0n) is 18.9. The Kier molecular flexibility index (Phi) is 6.80. The van der Waals surface area contributed by atoms with Crippen molar-refractivity contribution in [2.75, 3.05) is 13.1 Å². The van der Waals surface area contributed by atoms with Crippen LogP contribution in [-0.2, 0) is 6.18 Å². The summed E-state index contributed by atoms with van der Waals surface area (Å²) in [5, 5.41) is 21.6. The number of alkyl halides is 3. The van der Waals surface area contributed by atoms with Gasteiger partial charge in [0.1, 0.15) is 5.01 Å². The van der Waals surface area contributed by atoms with E-state index in [2.05, 4.69) is 33.7 Å². The van der Waals surface area contributed by atoms with Gasteiger partial charge >= 0.3 is 12.1 Å². The van der Waals surface area contributed by atoms with Crippen molar-refractivity contribution in [2.24, 2.45) is 0 Å². The van der Waals surface area contributed by atoms with Crippen LogP contribution in [0.25, 0.3) is 21.7 Å². The van der Waals surface area contributed by atoms with Gasteiger partial charge in [-0.1, -0.05) is 0 Å². The van der Waals surface area contributed by atoms with Crippen LogP contribution in [0.2, 0.25) is 0 Å². The number of carbonyl (C=O) groups is 1. The Labute approximate surface area is 203 Å². The molecule has 1 fully saturated rings. The summed E-state index contributed by atoms with van der Waals surface area (Å²) in [6, 6.07) is 3.10. The molecule has 4 heterocycles. The first-order valence-corrected chi connectivity index (χ1v) is 11.7. The lowest BCUT2D eigenvalue weighted by Gasteiger charge is -2.39. The van der Waals surface area contributed by atoms with Crippen LogP contribution in [-0.4, -0.2) is 61.0 Å². The third-order valence-electron chi connectivity index (χ3n) is 5.83. The Bertz CT molecular complexity index is 1220. The minimum absolute atomic E-state index is 0.0441. The number of hydrogen-bond donors (Lipinski definition) is 2. The van der Waals surface area contributed by atoms with Gasteiger partial charge < -0.3 is 19.8 Å². The lowest BCUT2D eigenvalue weighted by atomic mass is 10.0. The van der Waals surface area contributed by atoms with E-state index in [9.17, 15) is 28.2 Å². The second-order valence-corrected chi connectivity index (χ2v) is 9.37. The van der Waals surface area contributed by atoms with E-state index >= 15 is 0 Å². The van der Waals surface area contributed by atoms with Crippen molar-refractivity contribution in [3.63, 3.8) is 0 Å². The number of carboxylic acids is 1. The van der Waals surface area contributed by atoms with Gasteiger partial charge in [-0.3, -0.25) is 4.98 Å². The zero-order chi connectivity index (χ0) is 25.4. The number of aromatic nitrogens is 3. The van der Waals surface area contributed by atoms with Gasteiger partial charge in [0.2, 0.25) is 11.7 Å². The van der Waals surface area contributed by atoms with E-state index in [1.54, 1.807) is 0 Å². The second-order valence-electron chi connectivity index (χ2n) is 8.52. The fraction of sp³-hybridized carbons (Fsp3) is 0.391. The van der Waals surface area contributed by atoms with E-state index in [1.165, 1.54) is 24.5 Å². The van der Waals surface area contributed by atoms with Gasteiger partial charge in [-0.15, -0.1) is 11.3 Å². The molecule has 12 heteroatoms. The standard InChI is InChI=1S/C23H23F3N4O4S/c1-13(2)30-7-4-22(33,5-8-30)34-19-16(9-14(10-28-19)21(31)32)17-11-27-6-3-15(17)20-29-18(12-35-20)23(24,25)26/h3,6,9-13,33H,4-5,7-8H2,1-2H3,(H,31,32). The monoisotopic (exact) mass is 508 g/mol. The first-order valence-electron chi connectivity index (χ1n) is 10.8. The maximum absolute atomic E-state index is 13.1. The van der Waals surface area contributed by atoms with Crippen LogP contribution in [0.1, 0.15) is 42.7 Å². The molecule has 1 aliphatic rings. The number of aromatic carboxylic acids is 1. The van der Waals surface area contributed by atoms with Gasteiger partial charge in [-0.05, 0) is 26.0 Å². The van der Waals surface area contributed by atoms with Crippen molar-refractivity contribution in [3.8, 4) is 27.6 Å². The number of ether oxygens (including phenoxy) is 1. The van der Waals surface area contributed by atoms with Crippen LogP contribution in [0.15, 0.2) is 36.1 Å². The van der Waals surface area contributed by atoms with Gasteiger partial charge in [-0.25, -0.2) is 14.8 Å². The molecular formula is C23H23F3N4O4S. The highest BCUT2D eigenvalue weighted by molar-refractivity contribution is 7.13. The third kappa shape index (κ3) is 5.44. The second kappa shape index (κ2) is 9.51. The topological polar surface area (TPSA) is 109 Å². The smallest absolute Gasteiger partial charge is 0.434 e. The van der Waals surface area contributed by atoms with Crippen LogP contribution < -0.4 is 4.74 Å². The van der Waals surface area contributed by atoms with Crippen LogP contribution in [0.4, 0.5) is 13.2 Å². The molecule has 1 saturated heterocycles. The van der Waals surface area contributed by atoms with Crippen LogP contribution in [0.3, 0.4) is 0 Å². The van der Waals surface area contributed by atoms with E-state index in [0.717, 1.165) is 22.9 Å². The number of rotatable bonds is 6. The molecule has 3 aromatic rings. The summed E-state index contributed by atoms with van der Waals surface area (Å²) in [6.07, 6.45) is -0.116. The minimum atomic E-state index is -4.60. The molecule has 2 N–H and O–H groups in total. The molecule has 0 aliphatic carbocycles. The summed E-state index contributed by atoms with van der Waals surface area (Å²) >= 11 is 0.801. The average molecular weight is 509 g/mol. The van der Waals surface area contributed by atoms with Crippen molar-refractivity contribution in [1.29, 1.82) is 0 Å². The molecule has 4 rings (SSSR count). The fourth-order valence-corrected chi connectivity index (χ4v) is 4.70. The number of carboxylic acid groups (broad SMARTS) is 1. The third-order valence-corrected chi connectivity index (χ3v) is 6.71. The van der Waals surface area contributed by atoms with Crippen LogP contribution in [0, 0.1) is 0 Å². The SMILES string of the molecule is CC(C)N1CCC(O)(Oc2ncc(C(=O)O)cc2-c2cnccc2-c2nc(C(F)(F)F)cs2)CC1. The predicted molar refractivity (Wildman–Crippen MR) is 122 cm³/mol. The quantitative estimate of drug-likeness (QED) is 0.467. The van der Waals surface area contributed by atoms with Gasteiger partial charge in [-0.2, -0.15) is 13.2 Å². The van der Waals surface area contributed by atoms with Crippen molar-refractivity contribution < 1.29 is 32.9 Å². The van der Waals surface area contributed by atoms with Gasteiger partial charge in [0.25, 0.3) is 0 Å². The maximum atomic E-state index is 13.1. The molecule has 0 saturated carbocycles. The number of pyridine rings is 2. The first kappa shape index (κ1) is 25.0. The number of aliphatic hydroxyl groups is 1. The molecule has 8 nitrogen and oxygen atoms in total. The van der Waals surface area contributed by atoms with Crippen LogP contribution >= 0.6 is 11.3 Å². The Balaban J connectivity index is 1.76. The number of piperidine rings is 1. The van der Waals surface area contributed by atoms with E-state index < -0.39 is 23.6 Å². The number of nitrogens with zero attached hydrogens (tertiary/aromatic N) is 4. The van der Waals surface area contributed by atoms with E-state index in [1.807, 2.05) is 0 Å². The van der Waals surface area contributed by atoms with Crippen molar-refractivity contribution in [1.82, 2.24) is 19.9 Å². The van der Waals surface area contributed by atoms with Crippen molar-refractivity contribution >= 4 is 17.3 Å². The van der Waals surface area contributed by atoms with E-state index in [-0.39, 0.29) is 27.6 Å². The Hall–Kier alpha value is -3.09. The summed E-state index contributed by atoms with van der Waals surface area (Å²) in [5.74, 6) is -2.82. The fourth-order valence-electron chi connectivity index (χ4n) is 3.84. The molecule has 1 aliphatic heterocycles. The Morgan fingerprint density at radius 1 is 1.20 bits per heavy atom. The minimum Gasteiger partial charge on any atom is -0.478 e. The summed E-state index contributed by atoms with van der Waals surface area (Å²) in [5.41, 5.74) is -0.420. The number of hydrogen-bond acceptors (Lipinski definition) is 8. The molecule has 0 amide bonds. The molecule has 0 bridgehead atoms. The van der Waals surface area contributed by atoms with Crippen LogP contribution in [0.5, 0.6) is 5.88 Å². The van der Waals surface area contributed by atoms with E-state index in [4.69, 9.17) is 4.74 Å². The summed E-state index contributed by atoms with van der Waals surface area (Å²) in [6.45, 7) is 5.30. The summed E-state index contributed by atoms with van der Waals surface area (Å²) in [4.78, 5) is 25.8. The summed E-state index contributed by atoms with van der Waals surface area (Å²) < 4.78 is 45.3. The molecule has 35 heavy (non-hydrogen) atoms. The maximum Gasteiger partial charge on any atom is 0.434 e. The molecule has 3 aromatic heterocycles.